The highest BCUT2D eigenvalue weighted by atomic mass is 15.1. The predicted octanol–water partition coefficient (Wildman–Crippen LogP) is 3.26. The summed E-state index contributed by atoms with van der Waals surface area (Å²) in [4.78, 5) is 2.53. The second-order valence-corrected chi connectivity index (χ2v) is 5.96. The van der Waals surface area contributed by atoms with Gasteiger partial charge in [-0.3, -0.25) is 0 Å². The number of hydrogen-bond donors (Lipinski definition) is 0. The Morgan fingerprint density at radius 1 is 1.14 bits per heavy atom. The number of likely N-dealkylation sites (tertiary alicyclic amines) is 1. The summed E-state index contributed by atoms with van der Waals surface area (Å²) in [7, 11) is 2.28. The standard InChI is InChI=1S/C13H27N/c1-10(2)6-12-7-13(11(3)4)9-14(5)8-12/h10-13H,6-9H2,1-5H3/t12-,13-/m0/s1. The molecule has 0 N–H and O–H groups in total. The third kappa shape index (κ3) is 3.61. The Kier molecular flexibility index (Phi) is 4.43. The lowest BCUT2D eigenvalue weighted by Gasteiger charge is -2.38. The van der Waals surface area contributed by atoms with Crippen molar-refractivity contribution >= 4 is 0 Å². The van der Waals surface area contributed by atoms with Crippen molar-refractivity contribution in [3.63, 3.8) is 0 Å². The number of rotatable bonds is 3. The van der Waals surface area contributed by atoms with E-state index in [0.717, 1.165) is 23.7 Å². The van der Waals surface area contributed by atoms with Crippen molar-refractivity contribution in [3.8, 4) is 0 Å². The molecule has 0 saturated carbocycles. The van der Waals surface area contributed by atoms with Gasteiger partial charge < -0.3 is 4.90 Å². The van der Waals surface area contributed by atoms with E-state index in [1.807, 2.05) is 0 Å². The molecule has 1 saturated heterocycles. The second-order valence-electron chi connectivity index (χ2n) is 5.96. The van der Waals surface area contributed by atoms with Crippen LogP contribution < -0.4 is 0 Å². The predicted molar refractivity (Wildman–Crippen MR) is 63.4 cm³/mol. The fraction of sp³-hybridized carbons (Fsp3) is 1.00. The fourth-order valence-corrected chi connectivity index (χ4v) is 2.81. The van der Waals surface area contributed by atoms with E-state index < -0.39 is 0 Å². The summed E-state index contributed by atoms with van der Waals surface area (Å²) < 4.78 is 0. The molecule has 14 heavy (non-hydrogen) atoms. The number of hydrogen-bond acceptors (Lipinski definition) is 1. The maximum Gasteiger partial charge on any atom is 0.000928 e. The summed E-state index contributed by atoms with van der Waals surface area (Å²) in [5, 5.41) is 0. The average molecular weight is 197 g/mol. The van der Waals surface area contributed by atoms with Crippen LogP contribution in [0.1, 0.15) is 40.5 Å². The van der Waals surface area contributed by atoms with Gasteiger partial charge in [0, 0.05) is 13.1 Å². The topological polar surface area (TPSA) is 3.24 Å². The van der Waals surface area contributed by atoms with E-state index in [1.165, 1.54) is 25.9 Å². The Labute approximate surface area is 89.9 Å². The van der Waals surface area contributed by atoms with Gasteiger partial charge in [0.1, 0.15) is 0 Å². The molecule has 0 unspecified atom stereocenters. The number of piperidine rings is 1. The molecule has 1 aliphatic heterocycles. The molecule has 1 nitrogen and oxygen atoms in total. The molecule has 0 aliphatic carbocycles. The molecule has 0 radical (unpaired) electrons. The molecule has 0 aromatic heterocycles. The van der Waals surface area contributed by atoms with E-state index in [2.05, 4.69) is 39.6 Å². The molecule has 0 aromatic rings. The van der Waals surface area contributed by atoms with Crippen LogP contribution in [0.2, 0.25) is 0 Å². The minimum Gasteiger partial charge on any atom is -0.306 e. The lowest BCUT2D eigenvalue weighted by molar-refractivity contribution is 0.111. The Morgan fingerprint density at radius 2 is 1.79 bits per heavy atom. The van der Waals surface area contributed by atoms with Crippen molar-refractivity contribution in [1.29, 1.82) is 0 Å². The van der Waals surface area contributed by atoms with Crippen LogP contribution in [0.15, 0.2) is 0 Å². The van der Waals surface area contributed by atoms with Crippen LogP contribution in [-0.2, 0) is 0 Å². The lowest BCUT2D eigenvalue weighted by Crippen LogP contribution is -2.40. The van der Waals surface area contributed by atoms with Gasteiger partial charge in [0.05, 0.1) is 0 Å². The van der Waals surface area contributed by atoms with Crippen LogP contribution in [0.5, 0.6) is 0 Å². The zero-order valence-electron chi connectivity index (χ0n) is 10.6. The Balaban J connectivity index is 2.45. The highest BCUT2D eigenvalue weighted by molar-refractivity contribution is 4.79. The third-order valence-electron chi connectivity index (χ3n) is 3.50. The van der Waals surface area contributed by atoms with E-state index in [-0.39, 0.29) is 0 Å². The first-order valence-electron chi connectivity index (χ1n) is 6.17. The van der Waals surface area contributed by atoms with Gasteiger partial charge >= 0.3 is 0 Å². The average Bonchev–Trinajstić information content (AvgIpc) is 2.01. The monoisotopic (exact) mass is 197 g/mol. The van der Waals surface area contributed by atoms with Crippen LogP contribution >= 0.6 is 0 Å². The second kappa shape index (κ2) is 5.16. The molecule has 2 atom stereocenters. The fourth-order valence-electron chi connectivity index (χ4n) is 2.81. The van der Waals surface area contributed by atoms with E-state index in [0.29, 0.717) is 0 Å². The van der Waals surface area contributed by atoms with Crippen molar-refractivity contribution < 1.29 is 0 Å². The van der Waals surface area contributed by atoms with Crippen LogP contribution in [0.25, 0.3) is 0 Å². The van der Waals surface area contributed by atoms with Gasteiger partial charge in [0.15, 0.2) is 0 Å². The van der Waals surface area contributed by atoms with Crippen LogP contribution in [0.3, 0.4) is 0 Å². The SMILES string of the molecule is CC(C)C[C@H]1C[C@H](C(C)C)CN(C)C1. The first-order chi connectivity index (χ1) is 6.49. The summed E-state index contributed by atoms with van der Waals surface area (Å²) in [6, 6.07) is 0. The van der Waals surface area contributed by atoms with Crippen molar-refractivity contribution in [2.75, 3.05) is 20.1 Å². The molecule has 0 amide bonds. The van der Waals surface area contributed by atoms with Gasteiger partial charge in [0.25, 0.3) is 0 Å². The molecule has 1 aliphatic rings. The maximum absolute atomic E-state index is 2.53. The molecular weight excluding hydrogens is 170 g/mol. The molecule has 0 spiro atoms. The van der Waals surface area contributed by atoms with E-state index in [9.17, 15) is 0 Å². The minimum absolute atomic E-state index is 0.854. The molecule has 1 rings (SSSR count). The Hall–Kier alpha value is -0.0400. The normalized spacial score (nSPS) is 30.2. The summed E-state index contributed by atoms with van der Waals surface area (Å²) >= 11 is 0. The van der Waals surface area contributed by atoms with Gasteiger partial charge in [-0.25, -0.2) is 0 Å². The number of nitrogens with zero attached hydrogens (tertiary/aromatic N) is 1. The molecule has 84 valence electrons. The molecule has 1 heterocycles. The summed E-state index contributed by atoms with van der Waals surface area (Å²) in [6.45, 7) is 12.1. The summed E-state index contributed by atoms with van der Waals surface area (Å²) in [5.74, 6) is 3.59. The quantitative estimate of drug-likeness (QED) is 0.671. The maximum atomic E-state index is 2.53. The van der Waals surface area contributed by atoms with Crippen LogP contribution in [0, 0.1) is 23.7 Å². The van der Waals surface area contributed by atoms with Gasteiger partial charge in [-0.2, -0.15) is 0 Å². The van der Waals surface area contributed by atoms with Gasteiger partial charge in [0.2, 0.25) is 0 Å². The minimum atomic E-state index is 0.854. The van der Waals surface area contributed by atoms with Crippen LogP contribution in [0.4, 0.5) is 0 Å². The van der Waals surface area contributed by atoms with Gasteiger partial charge in [-0.1, -0.05) is 27.7 Å². The van der Waals surface area contributed by atoms with Crippen molar-refractivity contribution in [2.24, 2.45) is 23.7 Å². The Morgan fingerprint density at radius 3 is 2.29 bits per heavy atom. The molecular formula is C13H27N. The largest absolute Gasteiger partial charge is 0.306 e. The molecule has 1 fully saturated rings. The van der Waals surface area contributed by atoms with Crippen LogP contribution in [-0.4, -0.2) is 25.0 Å². The van der Waals surface area contributed by atoms with E-state index >= 15 is 0 Å². The lowest BCUT2D eigenvalue weighted by atomic mass is 9.79. The first kappa shape index (κ1) is 12.0. The van der Waals surface area contributed by atoms with E-state index in [4.69, 9.17) is 0 Å². The summed E-state index contributed by atoms with van der Waals surface area (Å²) in [6.07, 6.45) is 2.87. The molecule has 0 bridgehead atoms. The zero-order valence-corrected chi connectivity index (χ0v) is 10.6. The van der Waals surface area contributed by atoms with Crippen molar-refractivity contribution in [1.82, 2.24) is 4.90 Å². The molecule has 1 heteroatoms. The third-order valence-corrected chi connectivity index (χ3v) is 3.50. The van der Waals surface area contributed by atoms with Crippen molar-refractivity contribution in [2.45, 2.75) is 40.5 Å². The van der Waals surface area contributed by atoms with Gasteiger partial charge in [-0.15, -0.1) is 0 Å². The van der Waals surface area contributed by atoms with E-state index in [1.54, 1.807) is 0 Å². The highest BCUT2D eigenvalue weighted by Gasteiger charge is 2.27. The Bertz CT molecular complexity index is 161. The summed E-state index contributed by atoms with van der Waals surface area (Å²) in [5.41, 5.74) is 0. The molecule has 0 aromatic carbocycles. The smallest absolute Gasteiger partial charge is 0.000928 e. The zero-order chi connectivity index (χ0) is 10.7. The first-order valence-corrected chi connectivity index (χ1v) is 6.17. The highest BCUT2D eigenvalue weighted by Crippen LogP contribution is 2.30. The van der Waals surface area contributed by atoms with Gasteiger partial charge in [-0.05, 0) is 43.6 Å². The van der Waals surface area contributed by atoms with Crippen molar-refractivity contribution in [3.05, 3.63) is 0 Å².